The van der Waals surface area contributed by atoms with Gasteiger partial charge in [0.25, 0.3) is 0 Å². The van der Waals surface area contributed by atoms with E-state index in [1.807, 2.05) is 17.8 Å². The Kier molecular flexibility index (Phi) is 6.45. The Morgan fingerprint density at radius 3 is 1.50 bits per heavy atom. The summed E-state index contributed by atoms with van der Waals surface area (Å²) in [7, 11) is 0. The summed E-state index contributed by atoms with van der Waals surface area (Å²) in [6.07, 6.45) is 5.21. The summed E-state index contributed by atoms with van der Waals surface area (Å²) in [6.45, 7) is 0. The molecule has 1 nitrogen and oxygen atoms in total. The number of benzene rings is 3. The van der Waals surface area contributed by atoms with Crippen LogP contribution in [0.15, 0.2) is 103 Å². The fourth-order valence-electron chi connectivity index (χ4n) is 3.20. The SMILES string of the molecule is O=CC=CCCSC(c1ccccc1)(c1ccccc1)c1ccccc1. The van der Waals surface area contributed by atoms with Gasteiger partial charge in [-0.2, -0.15) is 0 Å². The van der Waals surface area contributed by atoms with Crippen LogP contribution in [0.25, 0.3) is 0 Å². The molecule has 0 heterocycles. The van der Waals surface area contributed by atoms with E-state index in [9.17, 15) is 4.79 Å². The summed E-state index contributed by atoms with van der Waals surface area (Å²) in [5.74, 6) is 0.920. The van der Waals surface area contributed by atoms with Crippen LogP contribution in [-0.4, -0.2) is 12.0 Å². The molecule has 0 saturated carbocycles. The van der Waals surface area contributed by atoms with Crippen molar-refractivity contribution in [1.82, 2.24) is 0 Å². The molecule has 0 amide bonds. The normalized spacial score (nSPS) is 11.5. The standard InChI is InChI=1S/C24H22OS/c25-19-11-4-12-20-26-24(21-13-5-1-6-14-21,22-15-7-2-8-16-22)23-17-9-3-10-18-23/h1-11,13-19H,12,20H2. The molecule has 0 aliphatic heterocycles. The molecule has 0 saturated heterocycles. The molecule has 0 aliphatic rings. The predicted molar refractivity (Wildman–Crippen MR) is 111 cm³/mol. The fourth-order valence-corrected chi connectivity index (χ4v) is 4.67. The summed E-state index contributed by atoms with van der Waals surface area (Å²) >= 11 is 1.91. The van der Waals surface area contributed by atoms with Crippen LogP contribution in [0.5, 0.6) is 0 Å². The van der Waals surface area contributed by atoms with E-state index < -0.39 is 0 Å². The first-order valence-corrected chi connectivity index (χ1v) is 9.77. The zero-order chi connectivity index (χ0) is 18.1. The number of carbonyl (C=O) groups excluding carboxylic acids is 1. The molecular formula is C24H22OS. The smallest absolute Gasteiger partial charge is 0.142 e. The lowest BCUT2D eigenvalue weighted by atomic mass is 9.84. The largest absolute Gasteiger partial charge is 0.299 e. The first-order chi connectivity index (χ1) is 12.9. The Bertz CT molecular complexity index is 729. The van der Waals surface area contributed by atoms with Crippen LogP contribution in [0, 0.1) is 0 Å². The Morgan fingerprint density at radius 1 is 0.692 bits per heavy atom. The Balaban J connectivity index is 2.11. The van der Waals surface area contributed by atoms with Crippen LogP contribution in [0.4, 0.5) is 0 Å². The van der Waals surface area contributed by atoms with Gasteiger partial charge in [-0.05, 0) is 34.9 Å². The van der Waals surface area contributed by atoms with Gasteiger partial charge in [-0.3, -0.25) is 4.79 Å². The van der Waals surface area contributed by atoms with Crippen molar-refractivity contribution >= 4 is 18.0 Å². The van der Waals surface area contributed by atoms with E-state index in [-0.39, 0.29) is 4.75 Å². The lowest BCUT2D eigenvalue weighted by Gasteiger charge is -2.35. The van der Waals surface area contributed by atoms with E-state index in [2.05, 4.69) is 91.0 Å². The quantitative estimate of drug-likeness (QED) is 0.217. The van der Waals surface area contributed by atoms with Crippen molar-refractivity contribution in [3.8, 4) is 0 Å². The number of hydrogen-bond acceptors (Lipinski definition) is 2. The molecule has 26 heavy (non-hydrogen) atoms. The minimum Gasteiger partial charge on any atom is -0.299 e. The number of allylic oxidation sites excluding steroid dienone is 2. The predicted octanol–water partition coefficient (Wildman–Crippen LogP) is 5.86. The summed E-state index contributed by atoms with van der Waals surface area (Å²) in [5, 5.41) is 0. The molecule has 130 valence electrons. The van der Waals surface area contributed by atoms with Crippen LogP contribution in [0.3, 0.4) is 0 Å². The van der Waals surface area contributed by atoms with Crippen molar-refractivity contribution in [1.29, 1.82) is 0 Å². The van der Waals surface area contributed by atoms with Crippen LogP contribution in [0.1, 0.15) is 23.1 Å². The molecule has 2 heteroatoms. The average Bonchev–Trinajstić information content (AvgIpc) is 2.73. The minimum atomic E-state index is -0.279. The third kappa shape index (κ3) is 3.97. The molecule has 3 aromatic carbocycles. The average molecular weight is 359 g/mol. The van der Waals surface area contributed by atoms with Gasteiger partial charge in [0, 0.05) is 0 Å². The minimum absolute atomic E-state index is 0.279. The molecule has 0 N–H and O–H groups in total. The molecule has 0 fully saturated rings. The fraction of sp³-hybridized carbons (Fsp3) is 0.125. The van der Waals surface area contributed by atoms with Crippen LogP contribution < -0.4 is 0 Å². The van der Waals surface area contributed by atoms with Gasteiger partial charge in [0.2, 0.25) is 0 Å². The van der Waals surface area contributed by atoms with Crippen molar-refractivity contribution in [3.05, 3.63) is 120 Å². The second kappa shape index (κ2) is 9.21. The highest BCUT2D eigenvalue weighted by atomic mass is 32.2. The van der Waals surface area contributed by atoms with E-state index in [4.69, 9.17) is 0 Å². The highest BCUT2D eigenvalue weighted by Gasteiger charge is 2.36. The first kappa shape index (κ1) is 18.2. The Morgan fingerprint density at radius 2 is 1.12 bits per heavy atom. The number of carbonyl (C=O) groups is 1. The number of thioether (sulfide) groups is 1. The third-order valence-corrected chi connectivity index (χ3v) is 5.94. The second-order valence-electron chi connectivity index (χ2n) is 5.98. The molecule has 0 spiro atoms. The van der Waals surface area contributed by atoms with E-state index >= 15 is 0 Å². The van der Waals surface area contributed by atoms with Gasteiger partial charge >= 0.3 is 0 Å². The Hall–Kier alpha value is -2.58. The first-order valence-electron chi connectivity index (χ1n) is 8.79. The molecule has 3 aromatic rings. The number of aldehydes is 1. The maximum Gasteiger partial charge on any atom is 0.142 e. The van der Waals surface area contributed by atoms with Gasteiger partial charge in [-0.15, -0.1) is 11.8 Å². The lowest BCUT2D eigenvalue weighted by Crippen LogP contribution is -2.26. The monoisotopic (exact) mass is 358 g/mol. The highest BCUT2D eigenvalue weighted by molar-refractivity contribution is 8.00. The zero-order valence-corrected chi connectivity index (χ0v) is 15.4. The number of hydrogen-bond donors (Lipinski definition) is 0. The van der Waals surface area contributed by atoms with E-state index in [0.717, 1.165) is 18.5 Å². The molecule has 0 aliphatic carbocycles. The van der Waals surface area contributed by atoms with E-state index in [0.29, 0.717) is 0 Å². The van der Waals surface area contributed by atoms with Crippen molar-refractivity contribution in [2.24, 2.45) is 0 Å². The molecule has 0 unspecified atom stereocenters. The van der Waals surface area contributed by atoms with Gasteiger partial charge in [0.15, 0.2) is 0 Å². The maximum atomic E-state index is 10.5. The van der Waals surface area contributed by atoms with Gasteiger partial charge < -0.3 is 0 Å². The highest BCUT2D eigenvalue weighted by Crippen LogP contribution is 2.48. The van der Waals surface area contributed by atoms with Gasteiger partial charge in [0.1, 0.15) is 6.29 Å². The maximum absolute atomic E-state index is 10.5. The molecule has 0 radical (unpaired) electrons. The van der Waals surface area contributed by atoms with Crippen LogP contribution in [0.2, 0.25) is 0 Å². The Labute approximate surface area is 159 Å². The van der Waals surface area contributed by atoms with Crippen molar-refractivity contribution in [2.45, 2.75) is 11.2 Å². The molecule has 0 aromatic heterocycles. The lowest BCUT2D eigenvalue weighted by molar-refractivity contribution is -0.104. The van der Waals surface area contributed by atoms with E-state index in [1.54, 1.807) is 6.08 Å². The van der Waals surface area contributed by atoms with E-state index in [1.165, 1.54) is 16.7 Å². The molecule has 0 bridgehead atoms. The zero-order valence-electron chi connectivity index (χ0n) is 14.6. The topological polar surface area (TPSA) is 17.1 Å². The summed E-state index contributed by atoms with van der Waals surface area (Å²) in [5.41, 5.74) is 3.80. The molecular weight excluding hydrogens is 336 g/mol. The van der Waals surface area contributed by atoms with Crippen LogP contribution in [-0.2, 0) is 9.54 Å². The van der Waals surface area contributed by atoms with Crippen molar-refractivity contribution < 1.29 is 4.79 Å². The van der Waals surface area contributed by atoms with Gasteiger partial charge in [0.05, 0.1) is 4.75 Å². The summed E-state index contributed by atoms with van der Waals surface area (Å²) in [6, 6.07) is 32.0. The summed E-state index contributed by atoms with van der Waals surface area (Å²) < 4.78 is -0.279. The van der Waals surface area contributed by atoms with Gasteiger partial charge in [-0.1, -0.05) is 97.1 Å². The van der Waals surface area contributed by atoms with Crippen molar-refractivity contribution in [2.75, 3.05) is 5.75 Å². The molecule has 3 rings (SSSR count). The number of rotatable bonds is 8. The van der Waals surface area contributed by atoms with Crippen molar-refractivity contribution in [3.63, 3.8) is 0 Å². The van der Waals surface area contributed by atoms with Gasteiger partial charge in [-0.25, -0.2) is 0 Å². The van der Waals surface area contributed by atoms with Crippen LogP contribution >= 0.6 is 11.8 Å². The third-order valence-electron chi connectivity index (χ3n) is 4.36. The second-order valence-corrected chi connectivity index (χ2v) is 7.29. The molecule has 0 atom stereocenters. The summed E-state index contributed by atoms with van der Waals surface area (Å²) in [4.78, 5) is 10.5.